The SMILES string of the molecule is Cc1ccc(C)c(S(=O)(=O)N2CCN(C(=O)COc3ccc4ccccc4c3)CC2)c1. The minimum atomic E-state index is -3.58. The summed E-state index contributed by atoms with van der Waals surface area (Å²) in [6.07, 6.45) is 0. The zero-order chi connectivity index (χ0) is 22.0. The first-order valence-electron chi connectivity index (χ1n) is 10.3. The molecule has 0 aliphatic carbocycles. The smallest absolute Gasteiger partial charge is 0.260 e. The van der Waals surface area contributed by atoms with Crippen LogP contribution in [0.5, 0.6) is 5.75 Å². The molecule has 1 fully saturated rings. The second-order valence-electron chi connectivity index (χ2n) is 7.85. The summed E-state index contributed by atoms with van der Waals surface area (Å²) < 4.78 is 33.3. The Morgan fingerprint density at radius 2 is 1.61 bits per heavy atom. The van der Waals surface area contributed by atoms with E-state index in [0.717, 1.165) is 21.9 Å². The molecule has 0 N–H and O–H groups in total. The van der Waals surface area contributed by atoms with Crippen LogP contribution in [0, 0.1) is 13.8 Å². The highest BCUT2D eigenvalue weighted by Gasteiger charge is 2.31. The second kappa shape index (κ2) is 8.69. The highest BCUT2D eigenvalue weighted by atomic mass is 32.2. The molecule has 3 aromatic carbocycles. The maximum atomic E-state index is 13.1. The lowest BCUT2D eigenvalue weighted by atomic mass is 10.1. The van der Waals surface area contributed by atoms with E-state index in [0.29, 0.717) is 23.7 Å². The van der Waals surface area contributed by atoms with Gasteiger partial charge >= 0.3 is 0 Å². The van der Waals surface area contributed by atoms with Crippen molar-refractivity contribution in [1.29, 1.82) is 0 Å². The van der Waals surface area contributed by atoms with Gasteiger partial charge in [-0.15, -0.1) is 0 Å². The van der Waals surface area contributed by atoms with Gasteiger partial charge in [0.1, 0.15) is 5.75 Å². The van der Waals surface area contributed by atoms with Crippen LogP contribution in [0.2, 0.25) is 0 Å². The third-order valence-electron chi connectivity index (χ3n) is 5.64. The Hall–Kier alpha value is -2.90. The van der Waals surface area contributed by atoms with Crippen molar-refractivity contribution < 1.29 is 17.9 Å². The molecule has 0 bridgehead atoms. The van der Waals surface area contributed by atoms with Crippen LogP contribution >= 0.6 is 0 Å². The van der Waals surface area contributed by atoms with E-state index in [-0.39, 0.29) is 25.6 Å². The monoisotopic (exact) mass is 438 g/mol. The molecule has 1 amide bonds. The normalized spacial score (nSPS) is 15.2. The Morgan fingerprint density at radius 3 is 2.35 bits per heavy atom. The molecule has 0 saturated carbocycles. The number of piperazine rings is 1. The van der Waals surface area contributed by atoms with Crippen molar-refractivity contribution in [1.82, 2.24) is 9.21 Å². The van der Waals surface area contributed by atoms with E-state index in [2.05, 4.69) is 0 Å². The predicted octanol–water partition coefficient (Wildman–Crippen LogP) is 3.37. The van der Waals surface area contributed by atoms with Gasteiger partial charge in [-0.05, 0) is 53.9 Å². The first-order valence-corrected chi connectivity index (χ1v) is 11.8. The molecule has 0 atom stereocenters. The van der Waals surface area contributed by atoms with E-state index >= 15 is 0 Å². The van der Waals surface area contributed by atoms with E-state index in [1.54, 1.807) is 17.9 Å². The molecule has 162 valence electrons. The van der Waals surface area contributed by atoms with E-state index in [9.17, 15) is 13.2 Å². The van der Waals surface area contributed by atoms with Crippen LogP contribution in [-0.2, 0) is 14.8 Å². The Kier molecular flexibility index (Phi) is 5.98. The van der Waals surface area contributed by atoms with Gasteiger partial charge in [-0.1, -0.05) is 42.5 Å². The molecule has 0 spiro atoms. The lowest BCUT2D eigenvalue weighted by molar-refractivity contribution is -0.134. The van der Waals surface area contributed by atoms with Gasteiger partial charge in [-0.25, -0.2) is 8.42 Å². The van der Waals surface area contributed by atoms with Crippen molar-refractivity contribution in [2.45, 2.75) is 18.7 Å². The topological polar surface area (TPSA) is 66.9 Å². The number of ether oxygens (including phenoxy) is 1. The molecule has 7 heteroatoms. The van der Waals surface area contributed by atoms with Crippen LogP contribution < -0.4 is 4.74 Å². The Morgan fingerprint density at radius 1 is 0.903 bits per heavy atom. The molecule has 1 saturated heterocycles. The minimum Gasteiger partial charge on any atom is -0.484 e. The lowest BCUT2D eigenvalue weighted by Crippen LogP contribution is -2.51. The van der Waals surface area contributed by atoms with E-state index < -0.39 is 10.0 Å². The number of carbonyl (C=O) groups is 1. The molecule has 0 unspecified atom stereocenters. The third-order valence-corrected chi connectivity index (χ3v) is 7.68. The zero-order valence-corrected chi connectivity index (χ0v) is 18.6. The zero-order valence-electron chi connectivity index (χ0n) is 17.7. The fraction of sp³-hybridized carbons (Fsp3) is 0.292. The molecular weight excluding hydrogens is 412 g/mol. The van der Waals surface area contributed by atoms with Gasteiger partial charge in [0.2, 0.25) is 10.0 Å². The van der Waals surface area contributed by atoms with Gasteiger partial charge in [-0.2, -0.15) is 4.31 Å². The first kappa shape index (κ1) is 21.3. The summed E-state index contributed by atoms with van der Waals surface area (Å²) in [5.41, 5.74) is 1.64. The van der Waals surface area contributed by atoms with Crippen molar-refractivity contribution in [2.24, 2.45) is 0 Å². The fourth-order valence-corrected chi connectivity index (χ4v) is 5.53. The molecule has 1 heterocycles. The number of benzene rings is 3. The third kappa shape index (κ3) is 4.57. The number of rotatable bonds is 5. The number of hydrogen-bond donors (Lipinski definition) is 0. The Bertz CT molecular complexity index is 1220. The van der Waals surface area contributed by atoms with Gasteiger partial charge in [0.05, 0.1) is 4.90 Å². The highest BCUT2D eigenvalue weighted by Crippen LogP contribution is 2.23. The minimum absolute atomic E-state index is 0.0674. The lowest BCUT2D eigenvalue weighted by Gasteiger charge is -2.34. The quantitative estimate of drug-likeness (QED) is 0.613. The molecule has 4 rings (SSSR count). The highest BCUT2D eigenvalue weighted by molar-refractivity contribution is 7.89. The molecule has 3 aromatic rings. The number of nitrogens with zero attached hydrogens (tertiary/aromatic N) is 2. The standard InChI is InChI=1S/C24H26N2O4S/c1-18-7-8-19(2)23(15-18)31(28,29)26-13-11-25(12-14-26)24(27)17-30-22-10-9-20-5-3-4-6-21(20)16-22/h3-10,15-16H,11-14,17H2,1-2H3. The van der Waals surface area contributed by atoms with Crippen LogP contribution in [0.3, 0.4) is 0 Å². The van der Waals surface area contributed by atoms with Crippen molar-refractivity contribution in [2.75, 3.05) is 32.8 Å². The van der Waals surface area contributed by atoms with E-state index in [1.807, 2.05) is 61.5 Å². The second-order valence-corrected chi connectivity index (χ2v) is 9.76. The summed E-state index contributed by atoms with van der Waals surface area (Å²) in [7, 11) is -3.58. The predicted molar refractivity (Wildman–Crippen MR) is 121 cm³/mol. The number of carbonyl (C=O) groups excluding carboxylic acids is 1. The Balaban J connectivity index is 1.35. The average molecular weight is 439 g/mol. The van der Waals surface area contributed by atoms with Gasteiger partial charge in [0.15, 0.2) is 6.61 Å². The van der Waals surface area contributed by atoms with Crippen molar-refractivity contribution in [3.8, 4) is 5.75 Å². The summed E-state index contributed by atoms with van der Waals surface area (Å²) in [5, 5.41) is 2.17. The first-order chi connectivity index (χ1) is 14.8. The molecule has 0 radical (unpaired) electrons. The number of hydrogen-bond acceptors (Lipinski definition) is 4. The Labute approximate surface area is 183 Å². The number of aryl methyl sites for hydroxylation is 2. The summed E-state index contributed by atoms with van der Waals surface area (Å²) in [6, 6.07) is 19.1. The van der Waals surface area contributed by atoms with Gasteiger partial charge in [-0.3, -0.25) is 4.79 Å². The van der Waals surface area contributed by atoms with Crippen LogP contribution in [0.15, 0.2) is 65.6 Å². The van der Waals surface area contributed by atoms with Crippen LogP contribution in [0.4, 0.5) is 0 Å². The maximum Gasteiger partial charge on any atom is 0.260 e. The van der Waals surface area contributed by atoms with E-state index in [1.165, 1.54) is 4.31 Å². The molecule has 0 aromatic heterocycles. The van der Waals surface area contributed by atoms with Gasteiger partial charge < -0.3 is 9.64 Å². The fourth-order valence-electron chi connectivity index (χ4n) is 3.80. The molecule has 1 aliphatic heterocycles. The summed E-state index contributed by atoms with van der Waals surface area (Å²) in [4.78, 5) is 14.6. The van der Waals surface area contributed by atoms with Gasteiger partial charge in [0.25, 0.3) is 5.91 Å². The van der Waals surface area contributed by atoms with Crippen molar-refractivity contribution in [3.05, 3.63) is 71.8 Å². The largest absolute Gasteiger partial charge is 0.484 e. The van der Waals surface area contributed by atoms with Crippen molar-refractivity contribution >= 4 is 26.7 Å². The van der Waals surface area contributed by atoms with Crippen LogP contribution in [0.1, 0.15) is 11.1 Å². The molecular formula is C24H26N2O4S. The van der Waals surface area contributed by atoms with E-state index in [4.69, 9.17) is 4.74 Å². The maximum absolute atomic E-state index is 13.1. The number of amides is 1. The molecule has 1 aliphatic rings. The van der Waals surface area contributed by atoms with Crippen LogP contribution in [-0.4, -0.2) is 56.3 Å². The number of sulfonamides is 1. The average Bonchev–Trinajstić information content (AvgIpc) is 2.79. The summed E-state index contributed by atoms with van der Waals surface area (Å²) >= 11 is 0. The van der Waals surface area contributed by atoms with Crippen molar-refractivity contribution in [3.63, 3.8) is 0 Å². The van der Waals surface area contributed by atoms with Crippen LogP contribution in [0.25, 0.3) is 10.8 Å². The van der Waals surface area contributed by atoms with Gasteiger partial charge in [0, 0.05) is 26.2 Å². The summed E-state index contributed by atoms with van der Waals surface area (Å²) in [6.45, 7) is 4.87. The summed E-state index contributed by atoms with van der Waals surface area (Å²) in [5.74, 6) is 0.500. The molecule has 31 heavy (non-hydrogen) atoms. The number of fused-ring (bicyclic) bond motifs is 1. The molecule has 6 nitrogen and oxygen atoms in total.